The molecule has 2 rings (SSSR count). The Bertz CT molecular complexity index is 242. The standard InChI is InChI=1S/C13H20O/c1-3-5-14-9-13-8-11-7-12(13)6-10(11)4-2/h3-4,11-13H,1,5-9H2,2H3/t11-,12+,13?/m0/s1. The molecule has 2 bridgehead atoms. The van der Waals surface area contributed by atoms with E-state index in [1.165, 1.54) is 19.3 Å². The fraction of sp³-hybridized carbons (Fsp3) is 0.692. The van der Waals surface area contributed by atoms with E-state index in [4.69, 9.17) is 4.74 Å². The number of hydrogen-bond acceptors (Lipinski definition) is 1. The molecule has 14 heavy (non-hydrogen) atoms. The molecule has 1 heteroatoms. The molecule has 0 N–H and O–H groups in total. The fourth-order valence-electron chi connectivity index (χ4n) is 3.09. The van der Waals surface area contributed by atoms with Gasteiger partial charge in [-0.1, -0.05) is 17.7 Å². The average molecular weight is 192 g/mol. The van der Waals surface area contributed by atoms with E-state index in [-0.39, 0.29) is 0 Å². The lowest BCUT2D eigenvalue weighted by atomic mass is 9.86. The van der Waals surface area contributed by atoms with Gasteiger partial charge in [-0.2, -0.15) is 0 Å². The largest absolute Gasteiger partial charge is 0.377 e. The van der Waals surface area contributed by atoms with E-state index in [2.05, 4.69) is 19.6 Å². The summed E-state index contributed by atoms with van der Waals surface area (Å²) in [7, 11) is 0. The van der Waals surface area contributed by atoms with E-state index in [9.17, 15) is 0 Å². The second kappa shape index (κ2) is 4.31. The Hall–Kier alpha value is -0.560. The molecular formula is C13H20O. The highest BCUT2D eigenvalue weighted by molar-refractivity contribution is 5.17. The predicted molar refractivity (Wildman–Crippen MR) is 59.1 cm³/mol. The maximum Gasteiger partial charge on any atom is 0.0644 e. The molecule has 2 fully saturated rings. The second-order valence-corrected chi connectivity index (χ2v) is 4.58. The summed E-state index contributed by atoms with van der Waals surface area (Å²) in [6.45, 7) is 7.51. The Kier molecular flexibility index (Phi) is 3.07. The molecule has 0 spiro atoms. The Morgan fingerprint density at radius 1 is 1.50 bits per heavy atom. The maximum absolute atomic E-state index is 5.55. The molecule has 0 saturated heterocycles. The van der Waals surface area contributed by atoms with Gasteiger partial charge in [0.15, 0.2) is 0 Å². The van der Waals surface area contributed by atoms with Gasteiger partial charge >= 0.3 is 0 Å². The smallest absolute Gasteiger partial charge is 0.0644 e. The zero-order valence-electron chi connectivity index (χ0n) is 9.04. The van der Waals surface area contributed by atoms with Crippen LogP contribution in [0.3, 0.4) is 0 Å². The molecule has 1 unspecified atom stereocenters. The van der Waals surface area contributed by atoms with Crippen LogP contribution in [0.25, 0.3) is 0 Å². The van der Waals surface area contributed by atoms with Crippen molar-refractivity contribution in [1.82, 2.24) is 0 Å². The van der Waals surface area contributed by atoms with Gasteiger partial charge in [-0.15, -0.1) is 6.58 Å². The summed E-state index contributed by atoms with van der Waals surface area (Å²) in [5.74, 6) is 2.63. The van der Waals surface area contributed by atoms with Crippen molar-refractivity contribution in [3.63, 3.8) is 0 Å². The van der Waals surface area contributed by atoms with Gasteiger partial charge in [0.25, 0.3) is 0 Å². The summed E-state index contributed by atoms with van der Waals surface area (Å²) < 4.78 is 5.55. The number of rotatable bonds is 4. The second-order valence-electron chi connectivity index (χ2n) is 4.58. The summed E-state index contributed by atoms with van der Waals surface area (Å²) in [5, 5.41) is 0. The molecule has 0 aromatic heterocycles. The first-order chi connectivity index (χ1) is 6.85. The minimum Gasteiger partial charge on any atom is -0.377 e. The van der Waals surface area contributed by atoms with Crippen LogP contribution in [-0.2, 0) is 4.74 Å². The molecule has 0 aromatic rings. The first kappa shape index (κ1) is 9.97. The molecule has 1 nitrogen and oxygen atoms in total. The third kappa shape index (κ3) is 1.78. The lowest BCUT2D eigenvalue weighted by molar-refractivity contribution is 0.103. The third-order valence-electron chi connectivity index (χ3n) is 3.80. The Morgan fingerprint density at radius 3 is 2.93 bits per heavy atom. The van der Waals surface area contributed by atoms with Crippen molar-refractivity contribution in [2.24, 2.45) is 17.8 Å². The maximum atomic E-state index is 5.55. The summed E-state index contributed by atoms with van der Waals surface area (Å²) in [6.07, 6.45) is 8.28. The van der Waals surface area contributed by atoms with Crippen LogP contribution in [-0.4, -0.2) is 13.2 Å². The van der Waals surface area contributed by atoms with Crippen LogP contribution < -0.4 is 0 Å². The molecular weight excluding hydrogens is 172 g/mol. The lowest BCUT2D eigenvalue weighted by Crippen LogP contribution is -2.17. The Morgan fingerprint density at radius 2 is 2.36 bits per heavy atom. The zero-order valence-corrected chi connectivity index (χ0v) is 9.04. The van der Waals surface area contributed by atoms with Gasteiger partial charge < -0.3 is 4.74 Å². The predicted octanol–water partition coefficient (Wildman–Crippen LogP) is 3.18. The summed E-state index contributed by atoms with van der Waals surface area (Å²) in [5.41, 5.74) is 1.70. The average Bonchev–Trinajstić information content (AvgIpc) is 2.76. The van der Waals surface area contributed by atoms with Crippen molar-refractivity contribution >= 4 is 0 Å². The van der Waals surface area contributed by atoms with Crippen molar-refractivity contribution < 1.29 is 4.74 Å². The summed E-state index contributed by atoms with van der Waals surface area (Å²) in [4.78, 5) is 0. The highest BCUT2D eigenvalue weighted by atomic mass is 16.5. The van der Waals surface area contributed by atoms with Gasteiger partial charge in [0.1, 0.15) is 0 Å². The summed E-state index contributed by atoms with van der Waals surface area (Å²) >= 11 is 0. The quantitative estimate of drug-likeness (QED) is 0.491. The van der Waals surface area contributed by atoms with Crippen LogP contribution in [0.5, 0.6) is 0 Å². The SMILES string of the molecule is C=CCOCC1C[C@@H]2C[C@H]1CC2=CC. The van der Waals surface area contributed by atoms with E-state index in [1.807, 2.05) is 6.08 Å². The molecule has 2 aliphatic rings. The van der Waals surface area contributed by atoms with Crippen LogP contribution in [0.2, 0.25) is 0 Å². The topological polar surface area (TPSA) is 9.23 Å². The van der Waals surface area contributed by atoms with Crippen molar-refractivity contribution in [3.8, 4) is 0 Å². The molecule has 0 aromatic carbocycles. The van der Waals surface area contributed by atoms with Gasteiger partial charge in [-0.3, -0.25) is 0 Å². The van der Waals surface area contributed by atoms with Crippen molar-refractivity contribution in [1.29, 1.82) is 0 Å². The molecule has 2 saturated carbocycles. The molecule has 0 radical (unpaired) electrons. The monoisotopic (exact) mass is 192 g/mol. The molecule has 0 heterocycles. The normalized spacial score (nSPS) is 38.1. The van der Waals surface area contributed by atoms with Gasteiger partial charge in [0, 0.05) is 0 Å². The first-order valence-corrected chi connectivity index (χ1v) is 5.68. The number of hydrogen-bond donors (Lipinski definition) is 0. The Labute approximate surface area is 86.8 Å². The van der Waals surface area contributed by atoms with Crippen LogP contribution in [0.4, 0.5) is 0 Å². The van der Waals surface area contributed by atoms with Crippen LogP contribution in [0.1, 0.15) is 26.2 Å². The highest BCUT2D eigenvalue weighted by Gasteiger charge is 2.41. The Balaban J connectivity index is 1.81. The van der Waals surface area contributed by atoms with Crippen molar-refractivity contribution in [3.05, 3.63) is 24.3 Å². The van der Waals surface area contributed by atoms with Gasteiger partial charge in [-0.25, -0.2) is 0 Å². The molecule has 78 valence electrons. The van der Waals surface area contributed by atoms with Crippen LogP contribution in [0, 0.1) is 17.8 Å². The number of allylic oxidation sites excluding steroid dienone is 2. The number of ether oxygens (including phenoxy) is 1. The lowest BCUT2D eigenvalue weighted by Gasteiger charge is -2.23. The van der Waals surface area contributed by atoms with E-state index < -0.39 is 0 Å². The minimum absolute atomic E-state index is 0.713. The summed E-state index contributed by atoms with van der Waals surface area (Å²) in [6, 6.07) is 0. The molecule has 0 aliphatic heterocycles. The van der Waals surface area contributed by atoms with E-state index in [0.717, 1.165) is 24.4 Å². The van der Waals surface area contributed by atoms with Gasteiger partial charge in [0.05, 0.1) is 13.2 Å². The fourth-order valence-corrected chi connectivity index (χ4v) is 3.09. The zero-order chi connectivity index (χ0) is 9.97. The first-order valence-electron chi connectivity index (χ1n) is 5.68. The van der Waals surface area contributed by atoms with Crippen LogP contribution >= 0.6 is 0 Å². The van der Waals surface area contributed by atoms with E-state index in [0.29, 0.717) is 6.61 Å². The van der Waals surface area contributed by atoms with Crippen LogP contribution in [0.15, 0.2) is 24.3 Å². The third-order valence-corrected chi connectivity index (χ3v) is 3.80. The van der Waals surface area contributed by atoms with Crippen molar-refractivity contribution in [2.75, 3.05) is 13.2 Å². The van der Waals surface area contributed by atoms with Crippen molar-refractivity contribution in [2.45, 2.75) is 26.2 Å². The molecule has 2 aliphatic carbocycles. The van der Waals surface area contributed by atoms with E-state index in [1.54, 1.807) is 5.57 Å². The highest BCUT2D eigenvalue weighted by Crippen LogP contribution is 2.51. The van der Waals surface area contributed by atoms with Gasteiger partial charge in [-0.05, 0) is 43.9 Å². The molecule has 3 atom stereocenters. The number of fused-ring (bicyclic) bond motifs is 2. The minimum atomic E-state index is 0.713. The van der Waals surface area contributed by atoms with Gasteiger partial charge in [0.2, 0.25) is 0 Å². The molecule has 0 amide bonds. The van der Waals surface area contributed by atoms with E-state index >= 15 is 0 Å².